The summed E-state index contributed by atoms with van der Waals surface area (Å²) < 4.78 is 0. The summed E-state index contributed by atoms with van der Waals surface area (Å²) in [4.78, 5) is 28.6. The van der Waals surface area contributed by atoms with Crippen LogP contribution in [0.3, 0.4) is 0 Å². The maximum absolute atomic E-state index is 12.3. The van der Waals surface area contributed by atoms with Crippen molar-refractivity contribution in [2.24, 2.45) is 5.92 Å². The molecule has 2 saturated heterocycles. The first-order chi connectivity index (χ1) is 9.38. The van der Waals surface area contributed by atoms with E-state index in [-0.39, 0.29) is 19.0 Å². The van der Waals surface area contributed by atoms with Crippen LogP contribution in [0.4, 0.5) is 4.79 Å². The third-order valence-corrected chi connectivity index (χ3v) is 4.16. The number of hydrogen-bond acceptors (Lipinski definition) is 4. The average molecular weight is 285 g/mol. The number of rotatable bonds is 3. The highest BCUT2D eigenvalue weighted by atomic mass is 16.4. The number of carboxylic acid groups (broad SMARTS) is 1. The summed E-state index contributed by atoms with van der Waals surface area (Å²) >= 11 is 0. The minimum atomic E-state index is -1.05. The van der Waals surface area contributed by atoms with Gasteiger partial charge in [0.1, 0.15) is 6.04 Å². The number of urea groups is 1. The molecule has 3 atom stereocenters. The third-order valence-electron chi connectivity index (χ3n) is 4.16. The van der Waals surface area contributed by atoms with Gasteiger partial charge in [-0.15, -0.1) is 0 Å². The van der Waals surface area contributed by atoms with Crippen molar-refractivity contribution in [3.63, 3.8) is 0 Å². The van der Waals surface area contributed by atoms with Gasteiger partial charge in [-0.25, -0.2) is 9.59 Å². The molecule has 2 N–H and O–H groups in total. The summed E-state index contributed by atoms with van der Waals surface area (Å²) in [7, 11) is 3.75. The minimum Gasteiger partial charge on any atom is -0.480 e. The van der Waals surface area contributed by atoms with Crippen LogP contribution in [0.5, 0.6) is 0 Å². The fraction of sp³-hybridized carbons (Fsp3) is 0.846. The lowest BCUT2D eigenvalue weighted by Gasteiger charge is -2.29. The van der Waals surface area contributed by atoms with Gasteiger partial charge in [-0.2, -0.15) is 0 Å². The molecule has 2 heterocycles. The summed E-state index contributed by atoms with van der Waals surface area (Å²) in [6.45, 7) is 2.72. The van der Waals surface area contributed by atoms with Crippen molar-refractivity contribution in [3.8, 4) is 0 Å². The van der Waals surface area contributed by atoms with Crippen LogP contribution in [-0.2, 0) is 4.79 Å². The minimum absolute atomic E-state index is 0.102. The van der Waals surface area contributed by atoms with E-state index in [0.717, 1.165) is 19.5 Å². The van der Waals surface area contributed by atoms with Crippen LogP contribution in [0.2, 0.25) is 0 Å². The van der Waals surface area contributed by atoms with Gasteiger partial charge in [0.25, 0.3) is 0 Å². The van der Waals surface area contributed by atoms with Crippen LogP contribution in [0.1, 0.15) is 12.8 Å². The molecule has 7 heteroatoms. The Morgan fingerprint density at radius 1 is 1.35 bits per heavy atom. The molecule has 0 spiro atoms. The van der Waals surface area contributed by atoms with E-state index in [0.29, 0.717) is 12.5 Å². The van der Waals surface area contributed by atoms with Gasteiger partial charge in [0.05, 0.1) is 6.10 Å². The first kappa shape index (κ1) is 15.1. The first-order valence-corrected chi connectivity index (χ1v) is 6.99. The van der Waals surface area contributed by atoms with Gasteiger partial charge in [0.15, 0.2) is 0 Å². The molecule has 2 aliphatic rings. The molecule has 0 aromatic heterocycles. The van der Waals surface area contributed by atoms with Crippen molar-refractivity contribution < 1.29 is 19.8 Å². The summed E-state index contributed by atoms with van der Waals surface area (Å²) in [6.07, 6.45) is 0.422. The predicted octanol–water partition coefficient (Wildman–Crippen LogP) is -0.490. The molecular weight excluding hydrogens is 262 g/mol. The standard InChI is InChI=1S/C13H23N3O4/c1-14-4-3-9(6-14)7-15(2)13(20)16-8-10(17)5-11(16)12(18)19/h9-11,17H,3-8H2,1-2H3,(H,18,19)/t9?,10?,11-/m0/s1. The van der Waals surface area contributed by atoms with Crippen LogP contribution in [-0.4, -0.2) is 89.3 Å². The number of aliphatic hydroxyl groups is 1. The van der Waals surface area contributed by atoms with Gasteiger partial charge < -0.3 is 24.9 Å². The van der Waals surface area contributed by atoms with Gasteiger partial charge in [0, 0.05) is 33.1 Å². The summed E-state index contributed by atoms with van der Waals surface area (Å²) in [5.74, 6) is -0.617. The SMILES string of the molecule is CN1CCC(CN(C)C(=O)N2CC(O)C[C@H]2C(=O)O)C1. The lowest BCUT2D eigenvalue weighted by atomic mass is 10.1. The number of nitrogens with zero attached hydrogens (tertiary/aromatic N) is 3. The second kappa shape index (κ2) is 5.97. The zero-order valence-corrected chi connectivity index (χ0v) is 12.0. The van der Waals surface area contributed by atoms with Crippen molar-refractivity contribution in [3.05, 3.63) is 0 Å². The smallest absolute Gasteiger partial charge is 0.326 e. The maximum Gasteiger partial charge on any atom is 0.326 e. The van der Waals surface area contributed by atoms with Crippen LogP contribution < -0.4 is 0 Å². The molecule has 2 unspecified atom stereocenters. The Hall–Kier alpha value is -1.34. The van der Waals surface area contributed by atoms with E-state index in [1.165, 1.54) is 4.90 Å². The predicted molar refractivity (Wildman–Crippen MR) is 72.4 cm³/mol. The van der Waals surface area contributed by atoms with Crippen LogP contribution in [0.15, 0.2) is 0 Å². The number of carboxylic acids is 1. The quantitative estimate of drug-likeness (QED) is 0.731. The molecule has 7 nitrogen and oxygen atoms in total. The number of carbonyl (C=O) groups is 2. The van der Waals surface area contributed by atoms with E-state index in [1.807, 2.05) is 0 Å². The Labute approximate surface area is 118 Å². The van der Waals surface area contributed by atoms with Gasteiger partial charge >= 0.3 is 12.0 Å². The highest BCUT2D eigenvalue weighted by Crippen LogP contribution is 2.21. The number of hydrogen-bond donors (Lipinski definition) is 2. The van der Waals surface area contributed by atoms with Crippen molar-refractivity contribution in [2.75, 3.05) is 40.3 Å². The van der Waals surface area contributed by atoms with Crippen LogP contribution in [0.25, 0.3) is 0 Å². The molecule has 0 aromatic carbocycles. The fourth-order valence-electron chi connectivity index (χ4n) is 3.12. The lowest BCUT2D eigenvalue weighted by molar-refractivity contribution is -0.141. The molecule has 0 bridgehead atoms. The summed E-state index contributed by atoms with van der Waals surface area (Å²) in [6, 6.07) is -1.21. The number of aliphatic carboxylic acids is 1. The molecule has 2 rings (SSSR count). The van der Waals surface area contributed by atoms with Gasteiger partial charge in [-0.05, 0) is 25.9 Å². The van der Waals surface area contributed by atoms with Crippen molar-refractivity contribution in [1.82, 2.24) is 14.7 Å². The Morgan fingerprint density at radius 2 is 2.05 bits per heavy atom. The second-order valence-corrected chi connectivity index (χ2v) is 5.98. The number of amides is 2. The molecule has 2 aliphatic heterocycles. The second-order valence-electron chi connectivity index (χ2n) is 5.98. The molecule has 20 heavy (non-hydrogen) atoms. The monoisotopic (exact) mass is 285 g/mol. The number of β-amino-alcohol motifs (C(OH)–C–C–N with tert-alkyl or cyclic N) is 1. The molecule has 0 radical (unpaired) electrons. The average Bonchev–Trinajstić information content (AvgIpc) is 2.94. The summed E-state index contributed by atoms with van der Waals surface area (Å²) in [5, 5.41) is 18.7. The van der Waals surface area contributed by atoms with Crippen molar-refractivity contribution in [2.45, 2.75) is 25.0 Å². The Bertz CT molecular complexity index is 390. The molecule has 2 fully saturated rings. The highest BCUT2D eigenvalue weighted by molar-refractivity contribution is 5.83. The molecule has 0 aliphatic carbocycles. The maximum atomic E-state index is 12.3. The fourth-order valence-corrected chi connectivity index (χ4v) is 3.12. The van der Waals surface area contributed by atoms with E-state index in [2.05, 4.69) is 11.9 Å². The highest BCUT2D eigenvalue weighted by Gasteiger charge is 2.40. The van der Waals surface area contributed by atoms with Gasteiger partial charge in [-0.1, -0.05) is 0 Å². The van der Waals surface area contributed by atoms with Crippen LogP contribution >= 0.6 is 0 Å². The first-order valence-electron chi connectivity index (χ1n) is 6.99. The molecule has 114 valence electrons. The topological polar surface area (TPSA) is 84.3 Å². The van der Waals surface area contributed by atoms with Crippen LogP contribution in [0, 0.1) is 5.92 Å². The van der Waals surface area contributed by atoms with E-state index >= 15 is 0 Å². The Morgan fingerprint density at radius 3 is 2.60 bits per heavy atom. The van der Waals surface area contributed by atoms with E-state index in [9.17, 15) is 14.7 Å². The van der Waals surface area contributed by atoms with E-state index in [4.69, 9.17) is 5.11 Å². The molecular formula is C13H23N3O4. The van der Waals surface area contributed by atoms with E-state index < -0.39 is 18.1 Å². The molecule has 2 amide bonds. The third kappa shape index (κ3) is 3.21. The van der Waals surface area contributed by atoms with Crippen molar-refractivity contribution >= 4 is 12.0 Å². The largest absolute Gasteiger partial charge is 0.480 e. The lowest BCUT2D eigenvalue weighted by Crippen LogP contribution is -2.48. The number of likely N-dealkylation sites (tertiary alicyclic amines) is 2. The molecule has 0 aromatic rings. The van der Waals surface area contributed by atoms with E-state index in [1.54, 1.807) is 11.9 Å². The summed E-state index contributed by atoms with van der Waals surface area (Å²) in [5.41, 5.74) is 0. The molecule has 0 saturated carbocycles. The Balaban J connectivity index is 1.93. The number of aliphatic hydroxyl groups excluding tert-OH is 1. The van der Waals surface area contributed by atoms with Gasteiger partial charge in [-0.3, -0.25) is 0 Å². The zero-order valence-electron chi connectivity index (χ0n) is 12.0. The Kier molecular flexibility index (Phi) is 4.49. The number of carbonyl (C=O) groups excluding carboxylic acids is 1. The normalized spacial score (nSPS) is 30.8. The zero-order chi connectivity index (χ0) is 14.9. The van der Waals surface area contributed by atoms with Gasteiger partial charge in [0.2, 0.25) is 0 Å². The van der Waals surface area contributed by atoms with Crippen molar-refractivity contribution in [1.29, 1.82) is 0 Å².